The van der Waals surface area contributed by atoms with E-state index in [1.807, 2.05) is 0 Å². The Labute approximate surface area is 167 Å². The number of nitrogens with two attached hydrogens (primary N) is 1. The topological polar surface area (TPSA) is 114 Å². The van der Waals surface area contributed by atoms with Gasteiger partial charge in [-0.2, -0.15) is 0 Å². The van der Waals surface area contributed by atoms with Crippen LogP contribution in [-0.4, -0.2) is 43.8 Å². The van der Waals surface area contributed by atoms with Gasteiger partial charge in [-0.15, -0.1) is 0 Å². The van der Waals surface area contributed by atoms with E-state index < -0.39 is 35.6 Å². The summed E-state index contributed by atoms with van der Waals surface area (Å²) in [6, 6.07) is 3.00. The average Bonchev–Trinajstić information content (AvgIpc) is 2.71. The van der Waals surface area contributed by atoms with Crippen LogP contribution in [0.5, 0.6) is 0 Å². The highest BCUT2D eigenvalue weighted by Crippen LogP contribution is 2.15. The van der Waals surface area contributed by atoms with Gasteiger partial charge in [-0.05, 0) is 37.3 Å². The summed E-state index contributed by atoms with van der Waals surface area (Å²) in [6.07, 6.45) is 1.92. The minimum Gasteiger partial charge on any atom is -0.454 e. The lowest BCUT2D eigenvalue weighted by atomic mass is 10.0. The summed E-state index contributed by atoms with van der Waals surface area (Å²) in [5.41, 5.74) is 4.93. The number of carbonyl (C=O) groups excluding carboxylic acids is 2. The smallest absolute Gasteiger partial charge is 0.344 e. The zero-order valence-electron chi connectivity index (χ0n) is 16.2. The minimum atomic E-state index is -1.04. The lowest BCUT2D eigenvalue weighted by Crippen LogP contribution is -2.34. The standard InChI is InChI=1S/C20H25F2N3O4/c1-2-15(23)18(19(24)25-10-12-6-8-28-9-7-12)20(27)29-11-16(26)17-13(21)4-3-5-14(17)22/h3-5,12,23,25H,2,6-11,24H2,1H3/b19-18+,23-15?. The molecule has 158 valence electrons. The van der Waals surface area contributed by atoms with Gasteiger partial charge in [0.2, 0.25) is 5.78 Å². The quantitative estimate of drug-likeness (QED) is 0.250. The van der Waals surface area contributed by atoms with Gasteiger partial charge in [-0.1, -0.05) is 13.0 Å². The van der Waals surface area contributed by atoms with Gasteiger partial charge < -0.3 is 25.9 Å². The first-order chi connectivity index (χ1) is 13.8. The van der Waals surface area contributed by atoms with Crippen molar-refractivity contribution in [2.75, 3.05) is 26.4 Å². The molecule has 9 heteroatoms. The third kappa shape index (κ3) is 6.08. The van der Waals surface area contributed by atoms with Crippen molar-refractivity contribution < 1.29 is 27.8 Å². The fourth-order valence-electron chi connectivity index (χ4n) is 2.91. The van der Waals surface area contributed by atoms with Gasteiger partial charge in [0.15, 0.2) is 6.61 Å². The Morgan fingerprint density at radius 1 is 1.28 bits per heavy atom. The van der Waals surface area contributed by atoms with Crippen molar-refractivity contribution >= 4 is 17.5 Å². The number of Topliss-reactive ketones (excluding diaryl/α,β-unsaturated/α-hetero) is 1. The van der Waals surface area contributed by atoms with E-state index in [9.17, 15) is 18.4 Å². The molecule has 0 aromatic heterocycles. The molecule has 0 radical (unpaired) electrons. The molecule has 1 saturated heterocycles. The molecule has 0 spiro atoms. The number of halogens is 2. The molecule has 1 aliphatic heterocycles. The molecule has 1 aliphatic rings. The van der Waals surface area contributed by atoms with Crippen molar-refractivity contribution in [3.63, 3.8) is 0 Å². The van der Waals surface area contributed by atoms with Crippen LogP contribution in [0.4, 0.5) is 8.78 Å². The van der Waals surface area contributed by atoms with Gasteiger partial charge in [0.1, 0.15) is 23.0 Å². The summed E-state index contributed by atoms with van der Waals surface area (Å²) in [5, 5.41) is 10.9. The Bertz CT molecular complexity index is 785. The fourth-order valence-corrected chi connectivity index (χ4v) is 2.91. The third-order valence-corrected chi connectivity index (χ3v) is 4.63. The number of benzene rings is 1. The van der Waals surface area contributed by atoms with Crippen LogP contribution in [0.1, 0.15) is 36.5 Å². The van der Waals surface area contributed by atoms with E-state index in [4.69, 9.17) is 20.6 Å². The Balaban J connectivity index is 2.05. The summed E-state index contributed by atoms with van der Waals surface area (Å²) >= 11 is 0. The summed E-state index contributed by atoms with van der Waals surface area (Å²) in [4.78, 5) is 24.5. The molecular formula is C20H25F2N3O4. The molecule has 1 heterocycles. The molecule has 0 bridgehead atoms. The van der Waals surface area contributed by atoms with E-state index >= 15 is 0 Å². The molecule has 1 fully saturated rings. The number of ether oxygens (including phenoxy) is 2. The molecule has 0 aliphatic carbocycles. The number of nitrogens with one attached hydrogen (secondary N) is 2. The van der Waals surface area contributed by atoms with Crippen LogP contribution in [0.25, 0.3) is 0 Å². The second-order valence-corrected chi connectivity index (χ2v) is 6.65. The molecule has 1 aromatic rings. The summed E-state index contributed by atoms with van der Waals surface area (Å²) < 4.78 is 37.6. The van der Waals surface area contributed by atoms with E-state index in [0.717, 1.165) is 31.0 Å². The molecule has 29 heavy (non-hydrogen) atoms. The van der Waals surface area contributed by atoms with E-state index in [1.54, 1.807) is 6.92 Å². The molecule has 0 amide bonds. The molecule has 4 N–H and O–H groups in total. The first kappa shape index (κ1) is 22.5. The van der Waals surface area contributed by atoms with Gasteiger partial charge in [0, 0.05) is 25.5 Å². The number of hydrogen-bond acceptors (Lipinski definition) is 7. The van der Waals surface area contributed by atoms with Crippen LogP contribution in [-0.2, 0) is 14.3 Å². The van der Waals surface area contributed by atoms with E-state index in [-0.39, 0.29) is 23.5 Å². The van der Waals surface area contributed by atoms with Crippen LogP contribution in [0.2, 0.25) is 0 Å². The molecule has 0 atom stereocenters. The minimum absolute atomic E-state index is 0.0298. The largest absolute Gasteiger partial charge is 0.454 e. The first-order valence-electron chi connectivity index (χ1n) is 9.38. The Morgan fingerprint density at radius 2 is 1.90 bits per heavy atom. The van der Waals surface area contributed by atoms with Crippen molar-refractivity contribution in [2.45, 2.75) is 26.2 Å². The highest BCUT2D eigenvalue weighted by molar-refractivity contribution is 6.19. The number of rotatable bonds is 9. The van der Waals surface area contributed by atoms with Crippen LogP contribution >= 0.6 is 0 Å². The van der Waals surface area contributed by atoms with Crippen LogP contribution in [0.3, 0.4) is 0 Å². The number of hydrogen-bond donors (Lipinski definition) is 3. The second-order valence-electron chi connectivity index (χ2n) is 6.65. The first-order valence-corrected chi connectivity index (χ1v) is 9.38. The molecule has 0 saturated carbocycles. The molecule has 2 rings (SSSR count). The lowest BCUT2D eigenvalue weighted by Gasteiger charge is -2.23. The highest BCUT2D eigenvalue weighted by atomic mass is 19.1. The summed E-state index contributed by atoms with van der Waals surface area (Å²) in [5.74, 6) is -3.82. The predicted molar refractivity (Wildman–Crippen MR) is 102 cm³/mol. The number of carbonyl (C=O) groups is 2. The normalized spacial score (nSPS) is 15.4. The van der Waals surface area contributed by atoms with Gasteiger partial charge in [0.05, 0.1) is 5.56 Å². The second kappa shape index (κ2) is 10.7. The lowest BCUT2D eigenvalue weighted by molar-refractivity contribution is -0.137. The molecule has 1 aromatic carbocycles. The van der Waals surface area contributed by atoms with Crippen molar-refractivity contribution in [1.82, 2.24) is 5.32 Å². The Morgan fingerprint density at radius 3 is 2.48 bits per heavy atom. The van der Waals surface area contributed by atoms with E-state index in [0.29, 0.717) is 25.7 Å². The fraction of sp³-hybridized carbons (Fsp3) is 0.450. The average molecular weight is 409 g/mol. The number of esters is 1. The van der Waals surface area contributed by atoms with Gasteiger partial charge >= 0.3 is 5.97 Å². The van der Waals surface area contributed by atoms with Crippen LogP contribution in [0.15, 0.2) is 29.6 Å². The van der Waals surface area contributed by atoms with Crippen molar-refractivity contribution in [3.8, 4) is 0 Å². The van der Waals surface area contributed by atoms with Crippen molar-refractivity contribution in [3.05, 3.63) is 46.8 Å². The SMILES string of the molecule is CCC(=N)/C(C(=O)OCC(=O)c1c(F)cccc1F)=C(/N)NCC1CCOCC1. The van der Waals surface area contributed by atoms with E-state index in [1.165, 1.54) is 0 Å². The molecular weight excluding hydrogens is 384 g/mol. The van der Waals surface area contributed by atoms with Gasteiger partial charge in [-0.25, -0.2) is 13.6 Å². The maximum atomic E-state index is 13.7. The molecule has 7 nitrogen and oxygen atoms in total. The molecule has 0 unspecified atom stereocenters. The zero-order valence-corrected chi connectivity index (χ0v) is 16.2. The van der Waals surface area contributed by atoms with Gasteiger partial charge in [-0.3, -0.25) is 4.79 Å². The van der Waals surface area contributed by atoms with Gasteiger partial charge in [0.25, 0.3) is 0 Å². The summed E-state index contributed by atoms with van der Waals surface area (Å²) in [6.45, 7) is 2.61. The Kier molecular flexibility index (Phi) is 8.26. The highest BCUT2D eigenvalue weighted by Gasteiger charge is 2.24. The van der Waals surface area contributed by atoms with E-state index in [2.05, 4.69) is 5.32 Å². The predicted octanol–water partition coefficient (Wildman–Crippen LogP) is 2.31. The zero-order chi connectivity index (χ0) is 21.4. The van der Waals surface area contributed by atoms with Crippen molar-refractivity contribution in [2.24, 2.45) is 11.7 Å². The monoisotopic (exact) mass is 409 g/mol. The number of ketones is 1. The Hall–Kier alpha value is -2.81. The summed E-state index contributed by atoms with van der Waals surface area (Å²) in [7, 11) is 0. The third-order valence-electron chi connectivity index (χ3n) is 4.63. The van der Waals surface area contributed by atoms with Crippen LogP contribution < -0.4 is 11.1 Å². The maximum absolute atomic E-state index is 13.7. The maximum Gasteiger partial charge on any atom is 0.344 e. The van der Waals surface area contributed by atoms with Crippen molar-refractivity contribution in [1.29, 1.82) is 5.41 Å². The van der Waals surface area contributed by atoms with Crippen LogP contribution in [0, 0.1) is 23.0 Å².